The first-order valence-electron chi connectivity index (χ1n) is 7.10. The molecule has 3 rings (SSSR count). The number of amides is 1. The molecule has 1 aliphatic heterocycles. The van der Waals surface area contributed by atoms with E-state index in [0.29, 0.717) is 11.3 Å². The Morgan fingerprint density at radius 2 is 1.83 bits per heavy atom. The van der Waals surface area contributed by atoms with Crippen molar-refractivity contribution in [2.24, 2.45) is 5.10 Å². The van der Waals surface area contributed by atoms with E-state index in [0.717, 1.165) is 20.6 Å². The van der Waals surface area contributed by atoms with Crippen molar-refractivity contribution in [2.75, 3.05) is 12.1 Å². The van der Waals surface area contributed by atoms with Crippen LogP contribution in [-0.2, 0) is 4.79 Å². The second-order valence-corrected chi connectivity index (χ2v) is 6.32. The van der Waals surface area contributed by atoms with E-state index in [1.165, 1.54) is 5.01 Å². The van der Waals surface area contributed by atoms with Crippen LogP contribution in [0.15, 0.2) is 59.2 Å². The quantitative estimate of drug-likeness (QED) is 0.557. The summed E-state index contributed by atoms with van der Waals surface area (Å²) >= 11 is 2.23. The van der Waals surface area contributed by atoms with Gasteiger partial charge in [0.05, 0.1) is 24.1 Å². The molecular formula is C18H15IN2O2. The van der Waals surface area contributed by atoms with Crippen LogP contribution in [0.2, 0.25) is 0 Å². The Kier molecular flexibility index (Phi) is 4.47. The standard InChI is InChI=1S/C18H15IN2O2/c1-12-16(11-13-5-3-4-6-17(13)23-2)18(22)21(20-12)15-9-7-14(19)8-10-15/h3-11H,1-2H3. The molecule has 0 atom stereocenters. The Morgan fingerprint density at radius 3 is 2.52 bits per heavy atom. The Morgan fingerprint density at radius 1 is 1.13 bits per heavy atom. The largest absolute Gasteiger partial charge is 0.496 e. The van der Waals surface area contributed by atoms with E-state index in [1.807, 2.05) is 61.5 Å². The lowest BCUT2D eigenvalue weighted by Crippen LogP contribution is -2.21. The summed E-state index contributed by atoms with van der Waals surface area (Å²) in [5, 5.41) is 5.83. The molecule has 0 unspecified atom stereocenters. The van der Waals surface area contributed by atoms with Gasteiger partial charge in [0, 0.05) is 9.13 Å². The number of rotatable bonds is 3. The number of benzene rings is 2. The lowest BCUT2D eigenvalue weighted by atomic mass is 10.1. The van der Waals surface area contributed by atoms with Crippen molar-refractivity contribution < 1.29 is 9.53 Å². The lowest BCUT2D eigenvalue weighted by Gasteiger charge is -2.11. The lowest BCUT2D eigenvalue weighted by molar-refractivity contribution is -0.114. The highest BCUT2D eigenvalue weighted by atomic mass is 127. The zero-order valence-electron chi connectivity index (χ0n) is 12.8. The molecule has 0 fully saturated rings. The molecule has 0 N–H and O–H groups in total. The third kappa shape index (κ3) is 3.14. The summed E-state index contributed by atoms with van der Waals surface area (Å²) in [4.78, 5) is 12.7. The number of halogens is 1. The monoisotopic (exact) mass is 418 g/mol. The molecule has 0 aromatic heterocycles. The fourth-order valence-corrected chi connectivity index (χ4v) is 2.74. The Labute approximate surface area is 148 Å². The normalized spacial score (nSPS) is 16.0. The average molecular weight is 418 g/mol. The number of ether oxygens (including phenoxy) is 1. The minimum absolute atomic E-state index is 0.130. The molecule has 1 aliphatic rings. The topological polar surface area (TPSA) is 41.9 Å². The second kappa shape index (κ2) is 6.54. The van der Waals surface area contributed by atoms with Crippen LogP contribution >= 0.6 is 22.6 Å². The van der Waals surface area contributed by atoms with Gasteiger partial charge in [-0.2, -0.15) is 10.1 Å². The summed E-state index contributed by atoms with van der Waals surface area (Å²) in [6, 6.07) is 15.3. The molecule has 1 amide bonds. The molecule has 0 saturated heterocycles. The molecule has 0 aliphatic carbocycles. The van der Waals surface area contributed by atoms with Crippen molar-refractivity contribution in [1.29, 1.82) is 0 Å². The SMILES string of the molecule is COc1ccccc1C=C1C(=O)N(c2ccc(I)cc2)N=C1C. The predicted octanol–water partition coefficient (Wildman–Crippen LogP) is 4.11. The van der Waals surface area contributed by atoms with E-state index >= 15 is 0 Å². The minimum atomic E-state index is -0.130. The zero-order valence-corrected chi connectivity index (χ0v) is 14.9. The van der Waals surface area contributed by atoms with Gasteiger partial charge in [0.2, 0.25) is 0 Å². The van der Waals surface area contributed by atoms with Crippen molar-refractivity contribution in [1.82, 2.24) is 0 Å². The average Bonchev–Trinajstić information content (AvgIpc) is 2.84. The molecule has 2 aromatic carbocycles. The molecule has 23 heavy (non-hydrogen) atoms. The number of nitrogens with zero attached hydrogens (tertiary/aromatic N) is 2. The molecule has 1 heterocycles. The summed E-state index contributed by atoms with van der Waals surface area (Å²) in [5.41, 5.74) is 2.89. The van der Waals surface area contributed by atoms with Gasteiger partial charge in [-0.1, -0.05) is 18.2 Å². The van der Waals surface area contributed by atoms with Crippen LogP contribution < -0.4 is 9.75 Å². The van der Waals surface area contributed by atoms with Gasteiger partial charge in [-0.3, -0.25) is 4.79 Å². The van der Waals surface area contributed by atoms with Gasteiger partial charge in [-0.15, -0.1) is 0 Å². The molecular weight excluding hydrogens is 403 g/mol. The van der Waals surface area contributed by atoms with Crippen molar-refractivity contribution in [3.63, 3.8) is 0 Å². The van der Waals surface area contributed by atoms with E-state index in [1.54, 1.807) is 7.11 Å². The maximum absolute atomic E-state index is 12.7. The highest BCUT2D eigenvalue weighted by Gasteiger charge is 2.28. The van der Waals surface area contributed by atoms with Crippen LogP contribution in [0.25, 0.3) is 6.08 Å². The summed E-state index contributed by atoms with van der Waals surface area (Å²) in [6.45, 7) is 1.84. The second-order valence-electron chi connectivity index (χ2n) is 5.08. The van der Waals surface area contributed by atoms with Gasteiger partial charge in [0.15, 0.2) is 0 Å². The third-order valence-electron chi connectivity index (χ3n) is 3.57. The fourth-order valence-electron chi connectivity index (χ4n) is 2.38. The Bertz CT molecular complexity index is 810. The van der Waals surface area contributed by atoms with Crippen LogP contribution in [0.1, 0.15) is 12.5 Å². The van der Waals surface area contributed by atoms with Gasteiger partial charge >= 0.3 is 0 Å². The van der Waals surface area contributed by atoms with Crippen LogP contribution in [0, 0.1) is 3.57 Å². The van der Waals surface area contributed by atoms with Gasteiger partial charge in [0.25, 0.3) is 5.91 Å². The number of anilines is 1. The number of carbonyl (C=O) groups excluding carboxylic acids is 1. The minimum Gasteiger partial charge on any atom is -0.496 e. The van der Waals surface area contributed by atoms with Crippen molar-refractivity contribution in [2.45, 2.75) is 6.92 Å². The molecule has 0 spiro atoms. The zero-order chi connectivity index (χ0) is 16.4. The molecule has 2 aromatic rings. The molecule has 0 saturated carbocycles. The van der Waals surface area contributed by atoms with Gasteiger partial charge < -0.3 is 4.74 Å². The Balaban J connectivity index is 1.97. The summed E-state index contributed by atoms with van der Waals surface area (Å²) in [5.74, 6) is 0.600. The van der Waals surface area contributed by atoms with Crippen LogP contribution in [-0.4, -0.2) is 18.7 Å². The summed E-state index contributed by atoms with van der Waals surface area (Å²) in [7, 11) is 1.62. The van der Waals surface area contributed by atoms with Gasteiger partial charge in [0.1, 0.15) is 5.75 Å². The molecule has 4 nitrogen and oxygen atoms in total. The highest BCUT2D eigenvalue weighted by Crippen LogP contribution is 2.27. The maximum Gasteiger partial charge on any atom is 0.280 e. The third-order valence-corrected chi connectivity index (χ3v) is 4.29. The van der Waals surface area contributed by atoms with Crippen molar-refractivity contribution >= 4 is 46.0 Å². The highest BCUT2D eigenvalue weighted by molar-refractivity contribution is 14.1. The van der Waals surface area contributed by atoms with E-state index in [4.69, 9.17) is 4.74 Å². The first kappa shape index (κ1) is 15.7. The number of carbonyl (C=O) groups is 1. The van der Waals surface area contributed by atoms with E-state index in [-0.39, 0.29) is 5.91 Å². The molecule has 0 bridgehead atoms. The summed E-state index contributed by atoms with van der Waals surface area (Å²) in [6.07, 6.45) is 1.83. The van der Waals surface area contributed by atoms with Crippen LogP contribution in [0.3, 0.4) is 0 Å². The van der Waals surface area contributed by atoms with Gasteiger partial charge in [-0.25, -0.2) is 0 Å². The summed E-state index contributed by atoms with van der Waals surface area (Å²) < 4.78 is 6.45. The van der Waals surface area contributed by atoms with Crippen molar-refractivity contribution in [3.8, 4) is 5.75 Å². The Hall–Kier alpha value is -2.15. The smallest absolute Gasteiger partial charge is 0.280 e. The van der Waals surface area contributed by atoms with Gasteiger partial charge in [-0.05, 0) is 65.9 Å². The number of hydrogen-bond acceptors (Lipinski definition) is 3. The van der Waals surface area contributed by atoms with Crippen LogP contribution in [0.4, 0.5) is 5.69 Å². The van der Waals surface area contributed by atoms with E-state index < -0.39 is 0 Å². The van der Waals surface area contributed by atoms with Crippen molar-refractivity contribution in [3.05, 3.63) is 63.2 Å². The maximum atomic E-state index is 12.7. The molecule has 116 valence electrons. The number of hydrogen-bond donors (Lipinski definition) is 0. The van der Waals surface area contributed by atoms with E-state index in [2.05, 4.69) is 27.7 Å². The number of para-hydroxylation sites is 1. The van der Waals surface area contributed by atoms with E-state index in [9.17, 15) is 4.79 Å². The number of methoxy groups -OCH3 is 1. The predicted molar refractivity (Wildman–Crippen MR) is 101 cm³/mol. The van der Waals surface area contributed by atoms with Crippen LogP contribution in [0.5, 0.6) is 5.75 Å². The first-order valence-corrected chi connectivity index (χ1v) is 8.18. The molecule has 0 radical (unpaired) electrons. The number of hydrazone groups is 1. The first-order chi connectivity index (χ1) is 11.1. The molecule has 5 heteroatoms. The fraction of sp³-hybridized carbons (Fsp3) is 0.111.